The second-order valence-electron chi connectivity index (χ2n) is 7.98. The summed E-state index contributed by atoms with van der Waals surface area (Å²) in [5.41, 5.74) is -0.0562. The fraction of sp³-hybridized carbons (Fsp3) is 0.333. The van der Waals surface area contributed by atoms with E-state index in [2.05, 4.69) is 0 Å². The first kappa shape index (κ1) is 24.4. The first-order valence-electron chi connectivity index (χ1n) is 10.4. The summed E-state index contributed by atoms with van der Waals surface area (Å²) in [6.45, 7) is 4.26. The summed E-state index contributed by atoms with van der Waals surface area (Å²) < 4.78 is 52.9. The molecule has 1 aliphatic heterocycles. The van der Waals surface area contributed by atoms with Gasteiger partial charge in [-0.15, -0.1) is 0 Å². The topological polar surface area (TPSA) is 90.0 Å². The number of allylic oxidation sites excluding steroid dienone is 1. The number of hydrogen-bond acceptors (Lipinski definition) is 6. The molecular formula is C24H26FNO6S. The van der Waals surface area contributed by atoms with Gasteiger partial charge in [0.2, 0.25) is 0 Å². The summed E-state index contributed by atoms with van der Waals surface area (Å²) >= 11 is 0. The van der Waals surface area contributed by atoms with Gasteiger partial charge in [0.1, 0.15) is 23.0 Å². The molecule has 2 aromatic carbocycles. The first-order chi connectivity index (χ1) is 15.6. The minimum Gasteiger partial charge on any atom is -0.497 e. The van der Waals surface area contributed by atoms with Gasteiger partial charge in [-0.2, -0.15) is 0 Å². The number of carbonyl (C=O) groups excluding carboxylic acids is 2. The van der Waals surface area contributed by atoms with E-state index in [0.29, 0.717) is 5.75 Å². The van der Waals surface area contributed by atoms with E-state index in [1.807, 2.05) is 0 Å². The van der Waals surface area contributed by atoms with E-state index >= 15 is 0 Å². The van der Waals surface area contributed by atoms with Crippen molar-refractivity contribution in [1.29, 1.82) is 0 Å². The molecule has 0 unspecified atom stereocenters. The van der Waals surface area contributed by atoms with Crippen LogP contribution in [-0.4, -0.2) is 44.2 Å². The standard InChI is InChI=1S/C24H26FNO6S/c1-15(2)32-24(28)23-13-20(19-7-5-6-8-22(19)25)21(16(3)27)14-26(23)33(29,30)18-11-9-17(31-4)10-12-18/h5-13,15,20-21H,14H2,1-4H3/t20-,21-/m1/s1. The first-order valence-corrected chi connectivity index (χ1v) is 11.8. The molecular weight excluding hydrogens is 449 g/mol. The number of Topliss-reactive ketones (excluding diaryl/α,β-unsaturated/α-hetero) is 1. The monoisotopic (exact) mass is 475 g/mol. The van der Waals surface area contributed by atoms with Gasteiger partial charge in [-0.3, -0.25) is 9.10 Å². The van der Waals surface area contributed by atoms with E-state index in [-0.39, 0.29) is 28.5 Å². The van der Waals surface area contributed by atoms with Crippen LogP contribution in [0.5, 0.6) is 5.75 Å². The summed E-state index contributed by atoms with van der Waals surface area (Å²) in [7, 11) is -2.78. The van der Waals surface area contributed by atoms with Gasteiger partial charge >= 0.3 is 5.97 Å². The molecule has 0 radical (unpaired) electrons. The Morgan fingerprint density at radius 2 is 1.73 bits per heavy atom. The van der Waals surface area contributed by atoms with Crippen LogP contribution in [0.15, 0.2) is 65.2 Å². The third-order valence-electron chi connectivity index (χ3n) is 5.39. The number of nitrogens with zero attached hydrogens (tertiary/aromatic N) is 1. The van der Waals surface area contributed by atoms with Crippen LogP contribution < -0.4 is 4.74 Å². The summed E-state index contributed by atoms with van der Waals surface area (Å²) in [5.74, 6) is -3.01. The minimum absolute atomic E-state index is 0.0850. The third-order valence-corrected chi connectivity index (χ3v) is 7.18. The summed E-state index contributed by atoms with van der Waals surface area (Å²) in [4.78, 5) is 25.4. The van der Waals surface area contributed by atoms with Crippen LogP contribution in [0.1, 0.15) is 32.3 Å². The van der Waals surface area contributed by atoms with E-state index in [1.54, 1.807) is 19.9 Å². The van der Waals surface area contributed by atoms with Gasteiger partial charge in [0.25, 0.3) is 10.0 Å². The number of benzene rings is 2. The molecule has 3 rings (SSSR count). The van der Waals surface area contributed by atoms with Gasteiger partial charge in [-0.1, -0.05) is 18.2 Å². The number of rotatable bonds is 7. The predicted molar refractivity (Wildman–Crippen MR) is 120 cm³/mol. The SMILES string of the molecule is COc1ccc(S(=O)(=O)N2C[C@H](C(C)=O)[C@@H](c3ccccc3F)C=C2C(=O)OC(C)C)cc1. The second-order valence-corrected chi connectivity index (χ2v) is 9.84. The zero-order valence-corrected chi connectivity index (χ0v) is 19.6. The van der Waals surface area contributed by atoms with Crippen molar-refractivity contribution < 1.29 is 31.9 Å². The van der Waals surface area contributed by atoms with E-state index in [9.17, 15) is 22.4 Å². The van der Waals surface area contributed by atoms with Crippen molar-refractivity contribution in [3.63, 3.8) is 0 Å². The van der Waals surface area contributed by atoms with Crippen LogP contribution in [-0.2, 0) is 24.3 Å². The van der Waals surface area contributed by atoms with Crippen molar-refractivity contribution in [2.75, 3.05) is 13.7 Å². The molecule has 33 heavy (non-hydrogen) atoms. The van der Waals surface area contributed by atoms with Crippen LogP contribution in [0.4, 0.5) is 4.39 Å². The van der Waals surface area contributed by atoms with Crippen molar-refractivity contribution in [2.24, 2.45) is 5.92 Å². The average molecular weight is 476 g/mol. The molecule has 1 heterocycles. The number of esters is 1. The molecule has 0 amide bonds. The van der Waals surface area contributed by atoms with Crippen molar-refractivity contribution in [3.05, 3.63) is 71.7 Å². The number of methoxy groups -OCH3 is 1. The molecule has 9 heteroatoms. The molecule has 0 saturated heterocycles. The van der Waals surface area contributed by atoms with Crippen LogP contribution in [0, 0.1) is 11.7 Å². The van der Waals surface area contributed by atoms with Crippen LogP contribution in [0.2, 0.25) is 0 Å². The second kappa shape index (κ2) is 9.74. The van der Waals surface area contributed by atoms with E-state index in [4.69, 9.17) is 9.47 Å². The number of carbonyl (C=O) groups is 2. The molecule has 0 saturated carbocycles. The lowest BCUT2D eigenvalue weighted by molar-refractivity contribution is -0.144. The number of sulfonamides is 1. The number of halogens is 1. The Kier molecular flexibility index (Phi) is 7.22. The van der Waals surface area contributed by atoms with Crippen molar-refractivity contribution in [1.82, 2.24) is 4.31 Å². The van der Waals surface area contributed by atoms with E-state index in [0.717, 1.165) is 4.31 Å². The minimum atomic E-state index is -4.24. The van der Waals surface area contributed by atoms with E-state index < -0.39 is 39.7 Å². The Balaban J connectivity index is 2.17. The fourth-order valence-electron chi connectivity index (χ4n) is 3.74. The van der Waals surface area contributed by atoms with Gasteiger partial charge in [-0.25, -0.2) is 17.6 Å². The molecule has 0 aliphatic carbocycles. The molecule has 2 aromatic rings. The van der Waals surface area contributed by atoms with Gasteiger partial charge in [0, 0.05) is 18.4 Å². The van der Waals surface area contributed by atoms with Gasteiger partial charge in [0.05, 0.1) is 18.1 Å². The quantitative estimate of drug-likeness (QED) is 0.568. The predicted octanol–water partition coefficient (Wildman–Crippen LogP) is 3.66. The summed E-state index contributed by atoms with van der Waals surface area (Å²) in [6, 6.07) is 11.6. The van der Waals surface area contributed by atoms with Crippen molar-refractivity contribution >= 4 is 21.8 Å². The molecule has 0 fully saturated rings. The Morgan fingerprint density at radius 3 is 2.27 bits per heavy atom. The largest absolute Gasteiger partial charge is 0.497 e. The summed E-state index contributed by atoms with van der Waals surface area (Å²) in [6.07, 6.45) is 0.807. The smallest absolute Gasteiger partial charge is 0.355 e. The molecule has 1 aliphatic rings. The summed E-state index contributed by atoms with van der Waals surface area (Å²) in [5, 5.41) is 0. The Hall–Kier alpha value is -3.20. The average Bonchev–Trinajstić information content (AvgIpc) is 2.78. The molecule has 176 valence electrons. The van der Waals surface area contributed by atoms with Crippen LogP contribution >= 0.6 is 0 Å². The van der Waals surface area contributed by atoms with E-state index in [1.165, 1.54) is 62.6 Å². The Morgan fingerprint density at radius 1 is 1.09 bits per heavy atom. The molecule has 0 bridgehead atoms. The van der Waals surface area contributed by atoms with Gasteiger partial charge in [-0.05, 0) is 62.7 Å². The lowest BCUT2D eigenvalue weighted by Crippen LogP contribution is -2.45. The van der Waals surface area contributed by atoms with Gasteiger partial charge in [0.15, 0.2) is 0 Å². The number of ketones is 1. The molecule has 2 atom stereocenters. The molecule has 0 N–H and O–H groups in total. The Bertz CT molecular complexity index is 1170. The maximum atomic E-state index is 14.6. The van der Waals surface area contributed by atoms with Crippen molar-refractivity contribution in [2.45, 2.75) is 37.7 Å². The highest BCUT2D eigenvalue weighted by atomic mass is 32.2. The highest BCUT2D eigenvalue weighted by Gasteiger charge is 2.42. The van der Waals surface area contributed by atoms with Crippen LogP contribution in [0.3, 0.4) is 0 Å². The maximum Gasteiger partial charge on any atom is 0.355 e. The number of ether oxygens (including phenoxy) is 2. The molecule has 0 spiro atoms. The lowest BCUT2D eigenvalue weighted by atomic mass is 9.80. The lowest BCUT2D eigenvalue weighted by Gasteiger charge is -2.37. The maximum absolute atomic E-state index is 14.6. The fourth-order valence-corrected chi connectivity index (χ4v) is 5.23. The Labute approximate surface area is 192 Å². The van der Waals surface area contributed by atoms with Crippen LogP contribution in [0.25, 0.3) is 0 Å². The zero-order valence-electron chi connectivity index (χ0n) is 18.8. The third kappa shape index (κ3) is 5.08. The normalized spacial score (nSPS) is 18.6. The van der Waals surface area contributed by atoms with Crippen molar-refractivity contribution in [3.8, 4) is 5.75 Å². The van der Waals surface area contributed by atoms with Gasteiger partial charge < -0.3 is 9.47 Å². The molecule has 0 aromatic heterocycles. The highest BCUT2D eigenvalue weighted by molar-refractivity contribution is 7.89. The number of hydrogen-bond donors (Lipinski definition) is 0. The molecule has 7 nitrogen and oxygen atoms in total. The highest BCUT2D eigenvalue weighted by Crippen LogP contribution is 2.38. The zero-order chi connectivity index (χ0) is 24.3.